The summed E-state index contributed by atoms with van der Waals surface area (Å²) in [5.74, 6) is -1.81. The zero-order valence-electron chi connectivity index (χ0n) is 12.6. The summed E-state index contributed by atoms with van der Waals surface area (Å²) in [4.78, 5) is 23.6. The minimum atomic E-state index is -4.63. The number of rotatable bonds is 4. The maximum Gasteiger partial charge on any atom is 0.418 e. The Labute approximate surface area is 145 Å². The van der Waals surface area contributed by atoms with Crippen LogP contribution in [-0.2, 0) is 15.7 Å². The summed E-state index contributed by atoms with van der Waals surface area (Å²) in [5.41, 5.74) is 4.23. The van der Waals surface area contributed by atoms with Crippen molar-refractivity contribution in [2.75, 3.05) is 17.7 Å². The molecule has 1 amide bonds. The van der Waals surface area contributed by atoms with E-state index >= 15 is 0 Å². The molecule has 0 spiro atoms. The molecule has 2 aromatic carbocycles. The molecule has 3 N–H and O–H groups in total. The van der Waals surface area contributed by atoms with Crippen molar-refractivity contribution in [3.8, 4) is 0 Å². The number of hydrogen-bond donors (Lipinski definition) is 2. The number of nitrogens with one attached hydrogen (secondary N) is 1. The summed E-state index contributed by atoms with van der Waals surface area (Å²) in [6.45, 7) is -0.771. The third-order valence-corrected chi connectivity index (χ3v) is 3.31. The Morgan fingerprint density at radius 1 is 1.16 bits per heavy atom. The van der Waals surface area contributed by atoms with Crippen LogP contribution in [-0.4, -0.2) is 18.5 Å². The number of benzene rings is 2. The van der Waals surface area contributed by atoms with E-state index in [2.05, 4.69) is 5.32 Å². The normalized spacial score (nSPS) is 11.0. The first-order valence-corrected chi connectivity index (χ1v) is 7.24. The van der Waals surface area contributed by atoms with Crippen LogP contribution in [0.5, 0.6) is 0 Å². The highest BCUT2D eigenvalue weighted by Gasteiger charge is 2.33. The molecule has 0 saturated heterocycles. The molecule has 0 saturated carbocycles. The van der Waals surface area contributed by atoms with Gasteiger partial charge in [0.1, 0.15) is 0 Å². The number of carbonyl (C=O) groups is 2. The van der Waals surface area contributed by atoms with Gasteiger partial charge >= 0.3 is 12.1 Å². The fourth-order valence-electron chi connectivity index (χ4n) is 1.95. The fraction of sp³-hybridized carbons (Fsp3) is 0.125. The van der Waals surface area contributed by atoms with E-state index in [4.69, 9.17) is 22.1 Å². The summed E-state index contributed by atoms with van der Waals surface area (Å²) in [5, 5.41) is 2.37. The number of nitrogens with two attached hydrogens (primary N) is 1. The van der Waals surface area contributed by atoms with E-state index in [9.17, 15) is 22.8 Å². The van der Waals surface area contributed by atoms with E-state index in [1.165, 1.54) is 30.3 Å². The van der Waals surface area contributed by atoms with Gasteiger partial charge in [0, 0.05) is 10.7 Å². The fourth-order valence-corrected chi connectivity index (χ4v) is 2.13. The zero-order valence-corrected chi connectivity index (χ0v) is 13.3. The number of para-hydroxylation sites is 1. The first kappa shape index (κ1) is 18.6. The van der Waals surface area contributed by atoms with Crippen LogP contribution in [0.4, 0.5) is 24.5 Å². The minimum Gasteiger partial charge on any atom is -0.452 e. The van der Waals surface area contributed by atoms with Crippen molar-refractivity contribution in [1.82, 2.24) is 0 Å². The molecular weight excluding hydrogens is 361 g/mol. The maximum absolute atomic E-state index is 12.8. The molecule has 0 fully saturated rings. The second-order valence-electron chi connectivity index (χ2n) is 4.90. The van der Waals surface area contributed by atoms with Gasteiger partial charge < -0.3 is 15.8 Å². The lowest BCUT2D eigenvalue weighted by Gasteiger charge is -2.13. The number of alkyl halides is 3. The van der Waals surface area contributed by atoms with E-state index in [0.29, 0.717) is 5.02 Å². The Balaban J connectivity index is 2.01. The molecule has 0 aromatic heterocycles. The van der Waals surface area contributed by atoms with Crippen molar-refractivity contribution < 1.29 is 27.5 Å². The van der Waals surface area contributed by atoms with Gasteiger partial charge in [-0.25, -0.2) is 4.79 Å². The third kappa shape index (κ3) is 4.87. The van der Waals surface area contributed by atoms with Crippen LogP contribution in [0.15, 0.2) is 42.5 Å². The summed E-state index contributed by atoms with van der Waals surface area (Å²) in [7, 11) is 0. The van der Waals surface area contributed by atoms with Crippen LogP contribution in [0.25, 0.3) is 0 Å². The molecule has 0 aliphatic rings. The van der Waals surface area contributed by atoms with Crippen molar-refractivity contribution in [3.63, 3.8) is 0 Å². The number of anilines is 2. The average Bonchev–Trinajstić information content (AvgIpc) is 2.52. The van der Waals surface area contributed by atoms with E-state index in [-0.39, 0.29) is 11.3 Å². The second kappa shape index (κ2) is 7.43. The lowest BCUT2D eigenvalue weighted by molar-refractivity contribution is -0.137. The van der Waals surface area contributed by atoms with Gasteiger partial charge in [0.15, 0.2) is 6.61 Å². The van der Waals surface area contributed by atoms with Gasteiger partial charge in [0.25, 0.3) is 5.91 Å². The van der Waals surface area contributed by atoms with Crippen LogP contribution < -0.4 is 11.1 Å². The summed E-state index contributed by atoms with van der Waals surface area (Å²) >= 11 is 5.70. The third-order valence-electron chi connectivity index (χ3n) is 3.07. The SMILES string of the molecule is Nc1cc(Cl)ccc1C(=O)OCC(=O)Nc1ccccc1C(F)(F)F. The standard InChI is InChI=1S/C16H12ClF3N2O3/c17-9-5-6-10(12(21)7-9)15(24)25-8-14(23)22-13-4-2-1-3-11(13)16(18,19)20/h1-7H,8,21H2,(H,22,23). The Kier molecular flexibility index (Phi) is 5.53. The summed E-state index contributed by atoms with van der Waals surface area (Å²) in [6, 6.07) is 8.52. The smallest absolute Gasteiger partial charge is 0.418 e. The molecule has 0 aliphatic heterocycles. The van der Waals surface area contributed by atoms with Gasteiger partial charge in [0.2, 0.25) is 0 Å². The molecule has 0 aliphatic carbocycles. The second-order valence-corrected chi connectivity index (χ2v) is 5.34. The first-order chi connectivity index (χ1) is 11.7. The van der Waals surface area contributed by atoms with E-state index in [1.54, 1.807) is 0 Å². The van der Waals surface area contributed by atoms with Crippen LogP contribution >= 0.6 is 11.6 Å². The van der Waals surface area contributed by atoms with Crippen LogP contribution in [0.1, 0.15) is 15.9 Å². The van der Waals surface area contributed by atoms with E-state index in [1.807, 2.05) is 0 Å². The number of amides is 1. The Morgan fingerprint density at radius 3 is 2.48 bits per heavy atom. The van der Waals surface area contributed by atoms with E-state index < -0.39 is 35.9 Å². The molecule has 0 atom stereocenters. The Hall–Kier alpha value is -2.74. The molecule has 25 heavy (non-hydrogen) atoms. The molecular formula is C16H12ClF3N2O3. The number of halogens is 4. The van der Waals surface area contributed by atoms with Crippen molar-refractivity contribution in [2.24, 2.45) is 0 Å². The highest BCUT2D eigenvalue weighted by molar-refractivity contribution is 6.31. The summed E-state index contributed by atoms with van der Waals surface area (Å²) < 4.78 is 43.3. The van der Waals surface area contributed by atoms with Gasteiger partial charge in [-0.3, -0.25) is 4.79 Å². The van der Waals surface area contributed by atoms with Gasteiger partial charge in [0.05, 0.1) is 16.8 Å². The molecule has 0 unspecified atom stereocenters. The van der Waals surface area contributed by atoms with Crippen molar-refractivity contribution in [2.45, 2.75) is 6.18 Å². The molecule has 5 nitrogen and oxygen atoms in total. The van der Waals surface area contributed by atoms with Gasteiger partial charge in [-0.2, -0.15) is 13.2 Å². The predicted octanol–water partition coefficient (Wildman–Crippen LogP) is 3.74. The summed E-state index contributed by atoms with van der Waals surface area (Å²) in [6.07, 6.45) is -4.63. The quantitative estimate of drug-likeness (QED) is 0.633. The predicted molar refractivity (Wildman–Crippen MR) is 86.2 cm³/mol. The molecule has 132 valence electrons. The highest BCUT2D eigenvalue weighted by atomic mass is 35.5. The first-order valence-electron chi connectivity index (χ1n) is 6.86. The molecule has 2 rings (SSSR count). The molecule has 0 heterocycles. The number of esters is 1. The van der Waals surface area contributed by atoms with Crippen LogP contribution in [0, 0.1) is 0 Å². The molecule has 9 heteroatoms. The highest BCUT2D eigenvalue weighted by Crippen LogP contribution is 2.34. The van der Waals surface area contributed by atoms with Gasteiger partial charge in [-0.05, 0) is 30.3 Å². The van der Waals surface area contributed by atoms with Crippen molar-refractivity contribution >= 4 is 34.9 Å². The molecule has 0 radical (unpaired) electrons. The monoisotopic (exact) mass is 372 g/mol. The topological polar surface area (TPSA) is 81.4 Å². The van der Waals surface area contributed by atoms with Gasteiger partial charge in [-0.1, -0.05) is 23.7 Å². The zero-order chi connectivity index (χ0) is 18.6. The number of ether oxygens (including phenoxy) is 1. The number of carbonyl (C=O) groups excluding carboxylic acids is 2. The Bertz CT molecular complexity index is 809. The Morgan fingerprint density at radius 2 is 1.84 bits per heavy atom. The number of nitrogen functional groups attached to an aromatic ring is 1. The molecule has 2 aromatic rings. The lowest BCUT2D eigenvalue weighted by atomic mass is 10.1. The van der Waals surface area contributed by atoms with Crippen molar-refractivity contribution in [1.29, 1.82) is 0 Å². The van der Waals surface area contributed by atoms with E-state index in [0.717, 1.165) is 12.1 Å². The van der Waals surface area contributed by atoms with Crippen molar-refractivity contribution in [3.05, 3.63) is 58.6 Å². The van der Waals surface area contributed by atoms with Crippen LogP contribution in [0.3, 0.4) is 0 Å². The average molecular weight is 373 g/mol. The lowest BCUT2D eigenvalue weighted by Crippen LogP contribution is -2.23. The largest absolute Gasteiger partial charge is 0.452 e. The maximum atomic E-state index is 12.8. The number of hydrogen-bond acceptors (Lipinski definition) is 4. The van der Waals surface area contributed by atoms with Gasteiger partial charge in [-0.15, -0.1) is 0 Å². The molecule has 0 bridgehead atoms. The van der Waals surface area contributed by atoms with Crippen LogP contribution in [0.2, 0.25) is 5.02 Å². The minimum absolute atomic E-state index is 0.00658.